The van der Waals surface area contributed by atoms with E-state index in [-0.39, 0.29) is 0 Å². The second kappa shape index (κ2) is 5.96. The summed E-state index contributed by atoms with van der Waals surface area (Å²) < 4.78 is 0. The van der Waals surface area contributed by atoms with Gasteiger partial charge in [-0.1, -0.05) is 13.8 Å². The van der Waals surface area contributed by atoms with Gasteiger partial charge in [-0.15, -0.1) is 11.3 Å². The van der Waals surface area contributed by atoms with E-state index < -0.39 is 0 Å². The van der Waals surface area contributed by atoms with Crippen LogP contribution in [0.4, 0.5) is 0 Å². The Bertz CT molecular complexity index is 348. The van der Waals surface area contributed by atoms with Gasteiger partial charge in [0.25, 0.3) is 0 Å². The van der Waals surface area contributed by atoms with Crippen LogP contribution < -0.4 is 5.32 Å². The second-order valence-corrected chi connectivity index (χ2v) is 6.49. The van der Waals surface area contributed by atoms with Crippen LogP contribution >= 0.6 is 11.3 Å². The molecule has 2 rings (SSSR count). The molecule has 3 atom stereocenters. The molecule has 1 aliphatic rings. The van der Waals surface area contributed by atoms with Crippen LogP contribution in [0.3, 0.4) is 0 Å². The Kier molecular flexibility index (Phi) is 4.57. The van der Waals surface area contributed by atoms with E-state index in [1.54, 1.807) is 11.3 Å². The average molecular weight is 252 g/mol. The molecule has 17 heavy (non-hydrogen) atoms. The molecule has 0 spiro atoms. The number of hydrogen-bond donors (Lipinski definition) is 1. The zero-order chi connectivity index (χ0) is 12.3. The van der Waals surface area contributed by atoms with Crippen LogP contribution in [0.25, 0.3) is 0 Å². The summed E-state index contributed by atoms with van der Waals surface area (Å²) in [5.41, 5.74) is 1.16. The molecule has 1 saturated carbocycles. The highest BCUT2D eigenvalue weighted by Gasteiger charge is 2.23. The molecule has 0 saturated heterocycles. The van der Waals surface area contributed by atoms with Crippen molar-refractivity contribution >= 4 is 11.3 Å². The van der Waals surface area contributed by atoms with E-state index in [0.29, 0.717) is 0 Å². The molecule has 0 amide bonds. The van der Waals surface area contributed by atoms with Crippen LogP contribution in [0.2, 0.25) is 0 Å². The molecule has 3 unspecified atom stereocenters. The van der Waals surface area contributed by atoms with Crippen molar-refractivity contribution in [2.45, 2.75) is 52.5 Å². The van der Waals surface area contributed by atoms with Gasteiger partial charge >= 0.3 is 0 Å². The van der Waals surface area contributed by atoms with E-state index >= 15 is 0 Å². The fourth-order valence-electron chi connectivity index (χ4n) is 2.63. The Morgan fingerprint density at radius 3 is 2.82 bits per heavy atom. The first kappa shape index (κ1) is 13.0. The Labute approximate surface area is 109 Å². The summed E-state index contributed by atoms with van der Waals surface area (Å²) in [6.07, 6.45) is 5.16. The molecule has 0 radical (unpaired) electrons. The lowest BCUT2D eigenvalue weighted by Crippen LogP contribution is -2.37. The quantitative estimate of drug-likeness (QED) is 0.888. The van der Waals surface area contributed by atoms with Crippen molar-refractivity contribution in [1.82, 2.24) is 10.3 Å². The molecule has 3 heteroatoms. The first-order valence-corrected chi connectivity index (χ1v) is 7.67. The minimum atomic E-state index is 0.738. The van der Waals surface area contributed by atoms with E-state index in [4.69, 9.17) is 0 Å². The van der Waals surface area contributed by atoms with Crippen LogP contribution in [0, 0.1) is 18.8 Å². The van der Waals surface area contributed by atoms with Crippen LogP contribution in [-0.4, -0.2) is 17.6 Å². The Hall–Kier alpha value is -0.410. The molecular weight excluding hydrogens is 228 g/mol. The zero-order valence-corrected chi connectivity index (χ0v) is 12.0. The van der Waals surface area contributed by atoms with Gasteiger partial charge in [-0.05, 0) is 38.0 Å². The molecule has 96 valence electrons. The number of thiazole rings is 1. The Morgan fingerprint density at radius 1 is 1.35 bits per heavy atom. The molecule has 2 nitrogen and oxygen atoms in total. The molecule has 0 bridgehead atoms. The third-order valence-electron chi connectivity index (χ3n) is 4.04. The van der Waals surface area contributed by atoms with Gasteiger partial charge in [0, 0.05) is 30.1 Å². The molecule has 0 aliphatic heterocycles. The van der Waals surface area contributed by atoms with Gasteiger partial charge < -0.3 is 5.32 Å². The predicted octanol–water partition coefficient (Wildman–Crippen LogP) is 3.41. The molecule has 1 N–H and O–H groups in total. The summed E-state index contributed by atoms with van der Waals surface area (Å²) in [5.74, 6) is 1.79. The number of aryl methyl sites for hydroxylation is 1. The molecule has 0 aromatic carbocycles. The van der Waals surface area contributed by atoms with Gasteiger partial charge in [0.15, 0.2) is 0 Å². The van der Waals surface area contributed by atoms with Gasteiger partial charge in [0.05, 0.1) is 5.01 Å². The zero-order valence-electron chi connectivity index (χ0n) is 11.2. The van der Waals surface area contributed by atoms with Crippen molar-refractivity contribution in [2.24, 2.45) is 11.8 Å². The maximum atomic E-state index is 4.50. The summed E-state index contributed by atoms with van der Waals surface area (Å²) in [7, 11) is 0. The lowest BCUT2D eigenvalue weighted by Gasteiger charge is -2.32. The Morgan fingerprint density at radius 2 is 2.18 bits per heavy atom. The molecule has 1 aromatic rings. The van der Waals surface area contributed by atoms with Crippen molar-refractivity contribution in [3.8, 4) is 0 Å². The van der Waals surface area contributed by atoms with Crippen molar-refractivity contribution in [2.75, 3.05) is 6.54 Å². The van der Waals surface area contributed by atoms with Gasteiger partial charge in [0.2, 0.25) is 0 Å². The molecule has 1 fully saturated rings. The highest BCUT2D eigenvalue weighted by Crippen LogP contribution is 2.29. The van der Waals surface area contributed by atoms with E-state index in [2.05, 4.69) is 36.5 Å². The molecule has 1 aliphatic carbocycles. The summed E-state index contributed by atoms with van der Waals surface area (Å²) in [4.78, 5) is 4.50. The molecule has 1 heterocycles. The Balaban J connectivity index is 1.69. The highest BCUT2D eigenvalue weighted by atomic mass is 32.1. The van der Waals surface area contributed by atoms with Gasteiger partial charge in [-0.25, -0.2) is 4.98 Å². The van der Waals surface area contributed by atoms with E-state index in [1.165, 1.54) is 24.3 Å². The van der Waals surface area contributed by atoms with Crippen molar-refractivity contribution in [3.05, 3.63) is 16.1 Å². The fourth-order valence-corrected chi connectivity index (χ4v) is 3.41. The van der Waals surface area contributed by atoms with Crippen LogP contribution in [-0.2, 0) is 6.42 Å². The second-order valence-electron chi connectivity index (χ2n) is 5.55. The normalized spacial score (nSPS) is 29.5. The molecule has 1 aromatic heterocycles. The fraction of sp³-hybridized carbons (Fsp3) is 0.786. The first-order valence-electron chi connectivity index (χ1n) is 6.79. The van der Waals surface area contributed by atoms with Crippen molar-refractivity contribution < 1.29 is 0 Å². The van der Waals surface area contributed by atoms with Gasteiger partial charge in [0.1, 0.15) is 0 Å². The summed E-state index contributed by atoms with van der Waals surface area (Å²) in [6.45, 7) is 7.93. The lowest BCUT2D eigenvalue weighted by atomic mass is 9.79. The number of rotatable bonds is 4. The number of nitrogens with one attached hydrogen (secondary N) is 1. The van der Waals surface area contributed by atoms with Gasteiger partial charge in [-0.2, -0.15) is 0 Å². The van der Waals surface area contributed by atoms with Crippen LogP contribution in [0.15, 0.2) is 5.38 Å². The minimum Gasteiger partial charge on any atom is -0.314 e. The van der Waals surface area contributed by atoms with Crippen LogP contribution in [0.5, 0.6) is 0 Å². The average Bonchev–Trinajstić information content (AvgIpc) is 2.70. The monoisotopic (exact) mass is 252 g/mol. The SMILES string of the molecule is Cc1csc(CCNC2CCC(C)C(C)C2)n1. The number of nitrogens with zero attached hydrogens (tertiary/aromatic N) is 1. The maximum absolute atomic E-state index is 4.50. The largest absolute Gasteiger partial charge is 0.314 e. The summed E-state index contributed by atoms with van der Waals surface area (Å²) >= 11 is 1.79. The van der Waals surface area contributed by atoms with Crippen LogP contribution in [0.1, 0.15) is 43.8 Å². The standard InChI is InChI=1S/C14H24N2S/c1-10-4-5-13(8-11(10)2)15-7-6-14-16-12(3)9-17-14/h9-11,13,15H,4-8H2,1-3H3. The van der Waals surface area contributed by atoms with E-state index in [0.717, 1.165) is 36.5 Å². The molecular formula is C14H24N2S. The van der Waals surface area contributed by atoms with Crippen molar-refractivity contribution in [1.29, 1.82) is 0 Å². The highest BCUT2D eigenvalue weighted by molar-refractivity contribution is 7.09. The predicted molar refractivity (Wildman–Crippen MR) is 74.5 cm³/mol. The number of hydrogen-bond acceptors (Lipinski definition) is 3. The third kappa shape index (κ3) is 3.78. The third-order valence-corrected chi connectivity index (χ3v) is 5.06. The number of aromatic nitrogens is 1. The maximum Gasteiger partial charge on any atom is 0.0940 e. The van der Waals surface area contributed by atoms with E-state index in [1.807, 2.05) is 0 Å². The summed E-state index contributed by atoms with van der Waals surface area (Å²) in [5, 5.41) is 7.11. The lowest BCUT2D eigenvalue weighted by molar-refractivity contribution is 0.227. The van der Waals surface area contributed by atoms with E-state index in [9.17, 15) is 0 Å². The minimum absolute atomic E-state index is 0.738. The smallest absolute Gasteiger partial charge is 0.0940 e. The van der Waals surface area contributed by atoms with Crippen molar-refractivity contribution in [3.63, 3.8) is 0 Å². The first-order chi connectivity index (χ1) is 8.15. The summed E-state index contributed by atoms with van der Waals surface area (Å²) in [6, 6.07) is 0.738. The topological polar surface area (TPSA) is 24.9 Å². The van der Waals surface area contributed by atoms with Gasteiger partial charge in [-0.3, -0.25) is 0 Å².